The van der Waals surface area contributed by atoms with E-state index in [4.69, 9.17) is 5.73 Å². The van der Waals surface area contributed by atoms with Gasteiger partial charge < -0.3 is 10.6 Å². The number of anilines is 1. The van der Waals surface area contributed by atoms with Gasteiger partial charge in [0.15, 0.2) is 0 Å². The summed E-state index contributed by atoms with van der Waals surface area (Å²) in [6.45, 7) is 7.22. The van der Waals surface area contributed by atoms with Crippen molar-refractivity contribution in [3.05, 3.63) is 18.1 Å². The van der Waals surface area contributed by atoms with Crippen LogP contribution >= 0.6 is 0 Å². The molecule has 0 bridgehead atoms. The molecule has 1 aliphatic rings. The molecule has 0 aliphatic carbocycles. The van der Waals surface area contributed by atoms with E-state index >= 15 is 0 Å². The molecular weight excluding hydrogens is 212 g/mol. The maximum absolute atomic E-state index is 5.60. The molecule has 1 fully saturated rings. The van der Waals surface area contributed by atoms with Gasteiger partial charge >= 0.3 is 0 Å². The van der Waals surface area contributed by atoms with Crippen molar-refractivity contribution in [3.63, 3.8) is 0 Å². The normalized spacial score (nSPS) is 18.6. The third-order valence-corrected chi connectivity index (χ3v) is 4.14. The van der Waals surface area contributed by atoms with E-state index in [2.05, 4.69) is 28.7 Å². The monoisotopic (exact) mass is 234 g/mol. The lowest BCUT2D eigenvalue weighted by atomic mass is 9.82. The Morgan fingerprint density at radius 3 is 2.71 bits per heavy atom. The highest BCUT2D eigenvalue weighted by Gasteiger charge is 2.35. The number of rotatable bonds is 4. The second kappa shape index (κ2) is 5.00. The Bertz CT molecular complexity index is 373. The van der Waals surface area contributed by atoms with E-state index < -0.39 is 0 Å². The van der Waals surface area contributed by atoms with Gasteiger partial charge in [-0.05, 0) is 24.7 Å². The number of aromatic nitrogens is 2. The number of hydrogen-bond acceptors (Lipinski definition) is 4. The predicted octanol–water partition coefficient (Wildman–Crippen LogP) is 1.95. The van der Waals surface area contributed by atoms with Gasteiger partial charge in [-0.25, -0.2) is 4.98 Å². The Morgan fingerprint density at radius 1 is 1.35 bits per heavy atom. The molecule has 0 aromatic carbocycles. The van der Waals surface area contributed by atoms with Crippen LogP contribution in [0.25, 0.3) is 0 Å². The molecule has 1 aromatic heterocycles. The molecule has 4 heteroatoms. The highest BCUT2D eigenvalue weighted by molar-refractivity contribution is 5.38. The van der Waals surface area contributed by atoms with E-state index in [0.717, 1.165) is 24.6 Å². The predicted molar refractivity (Wildman–Crippen MR) is 69.8 cm³/mol. The molecule has 4 nitrogen and oxygen atoms in total. The lowest BCUT2D eigenvalue weighted by Crippen LogP contribution is -2.27. The Morgan fingerprint density at radius 2 is 2.12 bits per heavy atom. The van der Waals surface area contributed by atoms with Crippen LogP contribution in [-0.2, 0) is 6.54 Å². The Labute approximate surface area is 103 Å². The van der Waals surface area contributed by atoms with Gasteiger partial charge in [0.05, 0.1) is 11.9 Å². The topological polar surface area (TPSA) is 55.0 Å². The fraction of sp³-hybridized carbons (Fsp3) is 0.692. The summed E-state index contributed by atoms with van der Waals surface area (Å²) in [6.07, 6.45) is 7.33. The van der Waals surface area contributed by atoms with Gasteiger partial charge in [-0.3, -0.25) is 4.98 Å². The summed E-state index contributed by atoms with van der Waals surface area (Å²) in [5.74, 6) is 0.983. The van der Waals surface area contributed by atoms with Crippen molar-refractivity contribution in [2.45, 2.75) is 39.7 Å². The molecule has 2 rings (SSSR count). The van der Waals surface area contributed by atoms with Crippen molar-refractivity contribution >= 4 is 5.82 Å². The summed E-state index contributed by atoms with van der Waals surface area (Å²) in [7, 11) is 0. The average Bonchev–Trinajstić information content (AvgIpc) is 2.84. The van der Waals surface area contributed by atoms with Crippen LogP contribution in [0.2, 0.25) is 0 Å². The van der Waals surface area contributed by atoms with Gasteiger partial charge in [-0.1, -0.05) is 13.8 Å². The Hall–Kier alpha value is -1.16. The molecule has 2 N–H and O–H groups in total. The minimum atomic E-state index is 0.460. The zero-order valence-corrected chi connectivity index (χ0v) is 10.8. The van der Waals surface area contributed by atoms with E-state index in [0.29, 0.717) is 12.0 Å². The fourth-order valence-electron chi connectivity index (χ4n) is 2.60. The van der Waals surface area contributed by atoms with Crippen molar-refractivity contribution in [1.29, 1.82) is 0 Å². The summed E-state index contributed by atoms with van der Waals surface area (Å²) in [5.41, 5.74) is 6.94. The van der Waals surface area contributed by atoms with E-state index in [1.54, 1.807) is 6.20 Å². The maximum atomic E-state index is 5.60. The molecule has 1 saturated heterocycles. The zero-order valence-electron chi connectivity index (χ0n) is 10.8. The van der Waals surface area contributed by atoms with Crippen LogP contribution in [0, 0.1) is 5.41 Å². The third kappa shape index (κ3) is 2.41. The van der Waals surface area contributed by atoms with Crippen molar-refractivity contribution in [3.8, 4) is 0 Å². The molecule has 1 aromatic rings. The Balaban J connectivity index is 2.14. The number of nitrogens with two attached hydrogens (primary N) is 1. The zero-order chi connectivity index (χ0) is 12.3. The molecule has 0 amide bonds. The molecule has 1 aliphatic heterocycles. The largest absolute Gasteiger partial charge is 0.355 e. The van der Waals surface area contributed by atoms with Crippen molar-refractivity contribution in [1.82, 2.24) is 9.97 Å². The van der Waals surface area contributed by atoms with Crippen LogP contribution in [-0.4, -0.2) is 23.1 Å². The molecular formula is C13H22N4. The lowest BCUT2D eigenvalue weighted by Gasteiger charge is -2.26. The fourth-order valence-corrected chi connectivity index (χ4v) is 2.60. The third-order valence-electron chi connectivity index (χ3n) is 4.14. The van der Waals surface area contributed by atoms with Crippen molar-refractivity contribution in [2.24, 2.45) is 11.1 Å². The van der Waals surface area contributed by atoms with Crippen LogP contribution in [0.5, 0.6) is 0 Å². The van der Waals surface area contributed by atoms with Gasteiger partial charge in [0.25, 0.3) is 0 Å². The van der Waals surface area contributed by atoms with E-state index in [1.807, 2.05) is 6.20 Å². The Kier molecular flexibility index (Phi) is 3.62. The molecule has 0 spiro atoms. The van der Waals surface area contributed by atoms with Gasteiger partial charge in [0.1, 0.15) is 5.82 Å². The van der Waals surface area contributed by atoms with Gasteiger partial charge in [0.2, 0.25) is 0 Å². The molecule has 0 saturated carbocycles. The van der Waals surface area contributed by atoms with Crippen LogP contribution in [0.4, 0.5) is 5.82 Å². The first-order valence-electron chi connectivity index (χ1n) is 6.49. The first kappa shape index (κ1) is 12.3. The molecule has 94 valence electrons. The number of hydrogen-bond donors (Lipinski definition) is 1. The average molecular weight is 234 g/mol. The van der Waals surface area contributed by atoms with Crippen LogP contribution in [0.1, 0.15) is 38.8 Å². The molecule has 0 radical (unpaired) electrons. The second-order valence-electron chi connectivity index (χ2n) is 4.95. The second-order valence-corrected chi connectivity index (χ2v) is 4.95. The highest BCUT2D eigenvalue weighted by atomic mass is 15.2. The first-order chi connectivity index (χ1) is 8.23. The van der Waals surface area contributed by atoms with Crippen LogP contribution < -0.4 is 10.6 Å². The minimum Gasteiger partial charge on any atom is -0.355 e. The van der Waals surface area contributed by atoms with Gasteiger partial charge in [0, 0.05) is 25.8 Å². The minimum absolute atomic E-state index is 0.460. The first-order valence-corrected chi connectivity index (χ1v) is 6.49. The summed E-state index contributed by atoms with van der Waals surface area (Å²) in [5, 5.41) is 0. The smallest absolute Gasteiger partial charge is 0.147 e. The highest BCUT2D eigenvalue weighted by Crippen LogP contribution is 2.38. The van der Waals surface area contributed by atoms with Crippen LogP contribution in [0.15, 0.2) is 12.4 Å². The van der Waals surface area contributed by atoms with E-state index in [9.17, 15) is 0 Å². The maximum Gasteiger partial charge on any atom is 0.147 e. The van der Waals surface area contributed by atoms with Gasteiger partial charge in [-0.15, -0.1) is 0 Å². The summed E-state index contributed by atoms with van der Waals surface area (Å²) in [6, 6.07) is 0. The van der Waals surface area contributed by atoms with Crippen molar-refractivity contribution < 1.29 is 0 Å². The lowest BCUT2D eigenvalue weighted by molar-refractivity contribution is 0.301. The van der Waals surface area contributed by atoms with Crippen molar-refractivity contribution in [2.75, 3.05) is 18.0 Å². The molecule has 0 unspecified atom stereocenters. The van der Waals surface area contributed by atoms with Crippen LogP contribution in [0.3, 0.4) is 0 Å². The standard InChI is InChI=1S/C13H22N4/c1-3-13(4-2)5-6-17(10-13)12-9-15-8-11(7-14)16-12/h8-9H,3-7,10,14H2,1-2H3. The molecule has 17 heavy (non-hydrogen) atoms. The van der Waals surface area contributed by atoms with E-state index in [-0.39, 0.29) is 0 Å². The van der Waals surface area contributed by atoms with Gasteiger partial charge in [-0.2, -0.15) is 0 Å². The quantitative estimate of drug-likeness (QED) is 0.865. The van der Waals surface area contributed by atoms with E-state index in [1.165, 1.54) is 19.3 Å². The summed E-state index contributed by atoms with van der Waals surface area (Å²) >= 11 is 0. The summed E-state index contributed by atoms with van der Waals surface area (Å²) < 4.78 is 0. The summed E-state index contributed by atoms with van der Waals surface area (Å²) in [4.78, 5) is 11.1. The SMILES string of the molecule is CCC1(CC)CCN(c2cncc(CN)n2)C1. The molecule has 2 heterocycles. The molecule has 0 atom stereocenters. The number of nitrogens with zero attached hydrogens (tertiary/aromatic N) is 3.